The van der Waals surface area contributed by atoms with Crippen molar-refractivity contribution in [2.24, 2.45) is 0 Å². The molecule has 8 nitrogen and oxygen atoms in total. The van der Waals surface area contributed by atoms with Gasteiger partial charge in [0.25, 0.3) is 0 Å². The monoisotopic (exact) mass is 380 g/mol. The van der Waals surface area contributed by atoms with E-state index in [9.17, 15) is 35.1 Å². The lowest BCUT2D eigenvalue weighted by molar-refractivity contribution is -0.163. The number of aliphatic hydroxyl groups excluding tert-OH is 5. The lowest BCUT2D eigenvalue weighted by atomic mass is 9.95. The molecule has 0 aromatic rings. The molecule has 5 atom stereocenters. The van der Waals surface area contributed by atoms with E-state index < -0.39 is 48.9 Å². The van der Waals surface area contributed by atoms with Gasteiger partial charge in [-0.05, 0) is 12.8 Å². The number of rotatable bonds is 15. The third-order valence-corrected chi connectivity index (χ3v) is 3.97. The summed E-state index contributed by atoms with van der Waals surface area (Å²) in [5.74, 6) is -1.31. The van der Waals surface area contributed by atoms with Crippen molar-refractivity contribution in [1.82, 2.24) is 0 Å². The summed E-state index contributed by atoms with van der Waals surface area (Å²) in [6, 6.07) is 0. The van der Waals surface area contributed by atoms with Crippen LogP contribution in [0.3, 0.4) is 0 Å². The average Bonchev–Trinajstić information content (AvgIpc) is 2.70. The molecule has 1 unspecified atom stereocenters. The number of esters is 1. The second-order valence-corrected chi connectivity index (χ2v) is 6.25. The normalized spacial score (nSPS) is 18.2. The smallest absolute Gasteiger partial charge is 0.305 e. The van der Waals surface area contributed by atoms with E-state index in [2.05, 4.69) is 0 Å². The van der Waals surface area contributed by atoms with Crippen LogP contribution in [-0.2, 0) is 14.3 Å². The minimum atomic E-state index is -2.02. The molecule has 0 bridgehead atoms. The van der Waals surface area contributed by atoms with Crippen molar-refractivity contribution in [3.63, 3.8) is 0 Å². The average molecular weight is 380 g/mol. The van der Waals surface area contributed by atoms with Crippen LogP contribution in [0.1, 0.15) is 67.9 Å². The van der Waals surface area contributed by atoms with Gasteiger partial charge in [0.05, 0.1) is 0 Å². The van der Waals surface area contributed by atoms with Gasteiger partial charge in [-0.25, -0.2) is 0 Å². The Balaban J connectivity index is 4.31. The molecular weight excluding hydrogens is 344 g/mol. The Bertz CT molecular complexity index is 438. The Hall–Kier alpha value is -1.06. The number of unbranched alkanes of at least 4 members (excludes halogenated alkanes) is 4. The molecule has 0 heterocycles. The number of hydrogen-bond donors (Lipinski definition) is 5. The molecule has 154 valence electrons. The van der Waals surface area contributed by atoms with Crippen molar-refractivity contribution in [1.29, 1.82) is 0 Å². The van der Waals surface area contributed by atoms with Crippen molar-refractivity contribution in [3.05, 3.63) is 0 Å². The topological polar surface area (TPSA) is 145 Å². The first kappa shape index (κ1) is 21.2. The molecule has 5 N–H and O–H groups in total. The fourth-order valence-corrected chi connectivity index (χ4v) is 2.23. The molecule has 26 heavy (non-hydrogen) atoms. The van der Waals surface area contributed by atoms with Gasteiger partial charge >= 0.3 is 5.97 Å². The number of ketones is 1. The Labute approximate surface area is 157 Å². The van der Waals surface area contributed by atoms with Gasteiger partial charge in [0.15, 0.2) is 5.78 Å². The van der Waals surface area contributed by atoms with E-state index in [0.717, 1.165) is 0 Å². The highest BCUT2D eigenvalue weighted by atomic mass is 16.5. The molecule has 0 aromatic carbocycles. The van der Waals surface area contributed by atoms with Gasteiger partial charge in [-0.3, -0.25) is 9.59 Å². The molecule has 0 amide bonds. The van der Waals surface area contributed by atoms with Crippen molar-refractivity contribution in [3.8, 4) is 0 Å². The molecule has 0 aromatic heterocycles. The van der Waals surface area contributed by atoms with Crippen LogP contribution >= 0.6 is 0 Å². The Morgan fingerprint density at radius 3 is 2.00 bits per heavy atom. The number of ether oxygens (including phenoxy) is 1. The maximum Gasteiger partial charge on any atom is 0.305 e. The molecule has 0 aliphatic rings. The number of carbonyl (C=O) groups is 2. The second kappa shape index (κ2) is 14.1. The Morgan fingerprint density at radius 2 is 1.42 bits per heavy atom. The SMILES string of the molecule is [2H]CCCCCC(=O)OC[C@@H](O)[C@@H](O)[C@H](O)[C@H](O)C(O)C(=O)CCCCC[2H]. The van der Waals surface area contributed by atoms with Gasteiger partial charge in [-0.15, -0.1) is 0 Å². The molecule has 0 fully saturated rings. The molecular formula is C18H34O8. The van der Waals surface area contributed by atoms with Gasteiger partial charge in [0, 0.05) is 15.6 Å². The van der Waals surface area contributed by atoms with E-state index in [4.69, 9.17) is 7.48 Å². The van der Waals surface area contributed by atoms with E-state index >= 15 is 0 Å². The third-order valence-electron chi connectivity index (χ3n) is 3.97. The first-order valence-corrected chi connectivity index (χ1v) is 8.93. The van der Waals surface area contributed by atoms with Gasteiger partial charge in [-0.1, -0.05) is 39.5 Å². The molecule has 0 saturated heterocycles. The fourth-order valence-electron chi connectivity index (χ4n) is 2.23. The Morgan fingerprint density at radius 1 is 0.846 bits per heavy atom. The van der Waals surface area contributed by atoms with Crippen molar-refractivity contribution in [2.45, 2.75) is 95.7 Å². The molecule has 0 spiro atoms. The molecule has 0 aliphatic heterocycles. The molecule has 0 aliphatic carbocycles. The number of Topliss-reactive ketones (excluding diaryl/α,β-unsaturated/α-hetero) is 1. The van der Waals surface area contributed by atoms with E-state index in [1.807, 2.05) is 0 Å². The van der Waals surface area contributed by atoms with Crippen LogP contribution in [0.15, 0.2) is 0 Å². The third kappa shape index (κ3) is 9.59. The van der Waals surface area contributed by atoms with Crippen LogP contribution in [0, 0.1) is 0 Å². The van der Waals surface area contributed by atoms with Gasteiger partial charge in [-0.2, -0.15) is 0 Å². The summed E-state index contributed by atoms with van der Waals surface area (Å²) >= 11 is 0. The summed E-state index contributed by atoms with van der Waals surface area (Å²) in [7, 11) is 0. The van der Waals surface area contributed by atoms with Gasteiger partial charge in [0.2, 0.25) is 0 Å². The van der Waals surface area contributed by atoms with Gasteiger partial charge in [0.1, 0.15) is 37.1 Å². The quantitative estimate of drug-likeness (QED) is 0.198. The van der Waals surface area contributed by atoms with E-state index in [1.165, 1.54) is 0 Å². The van der Waals surface area contributed by atoms with Crippen molar-refractivity contribution in [2.75, 3.05) is 6.61 Å². The van der Waals surface area contributed by atoms with E-state index in [1.54, 1.807) is 0 Å². The van der Waals surface area contributed by atoms with E-state index in [-0.39, 0.29) is 26.6 Å². The van der Waals surface area contributed by atoms with Crippen LogP contribution in [0.4, 0.5) is 0 Å². The van der Waals surface area contributed by atoms with Crippen molar-refractivity contribution < 1.29 is 42.6 Å². The van der Waals surface area contributed by atoms with Crippen LogP contribution in [0.2, 0.25) is 0 Å². The van der Waals surface area contributed by atoms with Crippen LogP contribution in [0.25, 0.3) is 0 Å². The number of hydrogen-bond acceptors (Lipinski definition) is 8. The summed E-state index contributed by atoms with van der Waals surface area (Å²) in [6.45, 7) is -0.100. The summed E-state index contributed by atoms with van der Waals surface area (Å²) in [4.78, 5) is 23.3. The standard InChI is InChI=1S/C18H34O8/c1-3-5-7-9-12(19)15(22)17(24)18(25)16(23)13(20)11-26-14(21)10-8-6-4-2/h13,15-18,20,22-25H,3-11H2,1-2H3/t13-,15?,16-,17-,18+/m1/s1/i1D,2D. The zero-order valence-electron chi connectivity index (χ0n) is 17.1. The predicted molar refractivity (Wildman–Crippen MR) is 94.3 cm³/mol. The van der Waals surface area contributed by atoms with Crippen LogP contribution in [-0.4, -0.2) is 74.4 Å². The van der Waals surface area contributed by atoms with E-state index in [0.29, 0.717) is 38.5 Å². The number of carbonyl (C=O) groups excluding carboxylic acids is 2. The maximum absolute atomic E-state index is 11.8. The zero-order valence-corrected chi connectivity index (χ0v) is 15.1. The lowest BCUT2D eigenvalue weighted by Gasteiger charge is -2.28. The highest BCUT2D eigenvalue weighted by Gasteiger charge is 2.37. The Kier molecular flexibility index (Phi) is 11.5. The minimum absolute atomic E-state index is 0.0403. The molecule has 0 saturated carbocycles. The zero-order chi connectivity index (χ0) is 21.5. The number of aliphatic hydroxyl groups is 5. The summed E-state index contributed by atoms with van der Waals surface area (Å²) in [6.07, 6.45) is -5.96. The summed E-state index contributed by atoms with van der Waals surface area (Å²) < 4.78 is 18.8. The highest BCUT2D eigenvalue weighted by molar-refractivity contribution is 5.83. The first-order valence-electron chi connectivity index (χ1n) is 10.3. The predicted octanol–water partition coefficient (Wildman–Crippen LogP) is 0.0638. The lowest BCUT2D eigenvalue weighted by Crippen LogP contribution is -2.52. The second-order valence-electron chi connectivity index (χ2n) is 6.25. The summed E-state index contributed by atoms with van der Waals surface area (Å²) in [5.41, 5.74) is 0. The maximum atomic E-state index is 11.8. The minimum Gasteiger partial charge on any atom is -0.463 e. The first-order chi connectivity index (χ1) is 13.3. The molecule has 0 rings (SSSR count). The van der Waals surface area contributed by atoms with Crippen LogP contribution < -0.4 is 0 Å². The highest BCUT2D eigenvalue weighted by Crippen LogP contribution is 2.13. The summed E-state index contributed by atoms with van der Waals surface area (Å²) in [5, 5.41) is 49.3. The van der Waals surface area contributed by atoms with Crippen molar-refractivity contribution >= 4 is 11.8 Å². The van der Waals surface area contributed by atoms with Gasteiger partial charge < -0.3 is 30.3 Å². The van der Waals surface area contributed by atoms with Crippen LogP contribution in [0.5, 0.6) is 0 Å². The molecule has 0 radical (unpaired) electrons. The molecule has 8 heteroatoms. The largest absolute Gasteiger partial charge is 0.463 e. The fraction of sp³-hybridized carbons (Fsp3) is 0.889.